The molecule has 0 bridgehead atoms. The van der Waals surface area contributed by atoms with E-state index in [1.807, 2.05) is 115 Å². The summed E-state index contributed by atoms with van der Waals surface area (Å²) in [4.78, 5) is 94.5. The summed E-state index contributed by atoms with van der Waals surface area (Å²) in [5.41, 5.74) is 9.49. The molecule has 7 aromatic heterocycles. The Morgan fingerprint density at radius 2 is 1.09 bits per heavy atom. The lowest BCUT2D eigenvalue weighted by Crippen LogP contribution is -2.49. The second kappa shape index (κ2) is 40.5. The van der Waals surface area contributed by atoms with E-state index in [9.17, 15) is 19.2 Å². The number of piperazine rings is 1. The molecule has 7 N–H and O–H groups in total. The second-order valence-electron chi connectivity index (χ2n) is 35.9. The minimum absolute atomic E-state index is 0.0624. The highest BCUT2D eigenvalue weighted by molar-refractivity contribution is 7.10. The molecule has 2 atom stereocenters. The second-order valence-corrected chi connectivity index (χ2v) is 38.0. The minimum atomic E-state index is -0.382. The number of pyridine rings is 3. The predicted octanol–water partition coefficient (Wildman–Crippen LogP) is 18.4. The summed E-state index contributed by atoms with van der Waals surface area (Å²) in [6.45, 7) is 16.6. The molecule has 8 aliphatic rings. The number of piperidine rings is 3. The Hall–Kier alpha value is -10.5. The molecule has 2 saturated carbocycles. The van der Waals surface area contributed by atoms with E-state index in [0.29, 0.717) is 120 Å². The van der Waals surface area contributed by atoms with E-state index in [1.165, 1.54) is 41.9 Å². The number of carbonyl (C=O) groups excluding carboxylic acids is 1. The number of nitrogens with one attached hydrogen (secondary N) is 7. The maximum Gasteiger partial charge on any atom is 0.261 e. The predicted molar refractivity (Wildman–Crippen MR) is 515 cm³/mol. The molecule has 26 nitrogen and oxygen atoms in total. The van der Waals surface area contributed by atoms with Crippen molar-refractivity contribution in [3.8, 4) is 45.0 Å². The fraction of sp³-hybridized carbons (Fsp3) is 0.439. The summed E-state index contributed by atoms with van der Waals surface area (Å²) in [7, 11) is 2.15. The number of anilines is 7. The number of aromatic nitrogens is 10. The topological polar surface area (TPSA) is 286 Å². The summed E-state index contributed by atoms with van der Waals surface area (Å²) in [5.74, 6) is 3.24. The molecule has 8 fully saturated rings. The third-order valence-corrected chi connectivity index (χ3v) is 28.3. The van der Waals surface area contributed by atoms with Gasteiger partial charge in [-0.25, -0.2) is 24.3 Å². The molecule has 5 aromatic carbocycles. The number of amides is 1. The molecular weight excluding hydrogens is 1710 g/mol. The van der Waals surface area contributed by atoms with Gasteiger partial charge < -0.3 is 61.4 Å². The van der Waals surface area contributed by atoms with Crippen LogP contribution < -0.4 is 68.3 Å². The first-order valence-corrected chi connectivity index (χ1v) is 48.1. The fourth-order valence-corrected chi connectivity index (χ4v) is 21.4. The largest absolute Gasteiger partial charge is 0.490 e. The molecule has 6 aliphatic heterocycles. The zero-order valence-electron chi connectivity index (χ0n) is 73.5. The first kappa shape index (κ1) is 89.1. The highest BCUT2D eigenvalue weighted by atomic mass is 35.5. The van der Waals surface area contributed by atoms with Crippen molar-refractivity contribution >= 4 is 126 Å². The molecule has 674 valence electrons. The average molecular weight is 1820 g/mol. The SMILES string of the molecule is CC(C)n1c(=O)c(-c2csc(C3CCCN3)n2)cc2cnc(Nc3ccc(OC4CCN(C)CC4)cc3)nc21.CC1CN(c2ccc(Nc3ncc4cc(-c5ccc(C6CCCC6)cc5Cl)c(=O)n(C5CCCC5)c4n3)cc2F)CCN1.O=C(Cn1c(=O)c(-c2c(Cl)cc(C3CCNCC3)cc2Cl)cc2cnc(Nc3ccc(OC4CCNCC4)cc3)nc21)N1CCCC1. The number of fused-ring (bicyclic) bond motifs is 3. The molecule has 0 radical (unpaired) electrons. The van der Waals surface area contributed by atoms with Gasteiger partial charge in [-0.05, 0) is 277 Å². The minimum Gasteiger partial charge on any atom is -0.490 e. The highest BCUT2D eigenvalue weighted by Crippen LogP contribution is 2.43. The lowest BCUT2D eigenvalue weighted by Gasteiger charge is -2.33. The Balaban J connectivity index is 0.000000131. The Morgan fingerprint density at radius 3 is 1.71 bits per heavy atom. The van der Waals surface area contributed by atoms with E-state index in [-0.39, 0.29) is 65.3 Å². The number of ether oxygens (including phenoxy) is 2. The molecule has 1 amide bonds. The lowest BCUT2D eigenvalue weighted by atomic mass is 9.89. The number of hydrogen-bond donors (Lipinski definition) is 7. The Bertz CT molecular complexity index is 6190. The molecular formula is C98H112Cl3FN20O6S. The summed E-state index contributed by atoms with van der Waals surface area (Å²) in [5, 5.41) is 29.9. The van der Waals surface area contributed by atoms with E-state index in [1.54, 1.807) is 51.5 Å². The molecule has 2 aliphatic carbocycles. The van der Waals surface area contributed by atoms with Crippen LogP contribution in [-0.4, -0.2) is 168 Å². The van der Waals surface area contributed by atoms with E-state index in [0.717, 1.165) is 211 Å². The van der Waals surface area contributed by atoms with Crippen molar-refractivity contribution in [2.24, 2.45) is 0 Å². The smallest absolute Gasteiger partial charge is 0.261 e. The van der Waals surface area contributed by atoms with Crippen LogP contribution in [0.3, 0.4) is 0 Å². The average Bonchev–Trinajstić information content (AvgIpc) is 1.39. The maximum absolute atomic E-state index is 15.2. The van der Waals surface area contributed by atoms with Crippen LogP contribution in [0.1, 0.15) is 182 Å². The third kappa shape index (κ3) is 20.6. The highest BCUT2D eigenvalue weighted by Gasteiger charge is 2.31. The zero-order chi connectivity index (χ0) is 88.8. The van der Waals surface area contributed by atoms with Gasteiger partial charge in [-0.3, -0.25) is 32.9 Å². The molecule has 13 heterocycles. The number of likely N-dealkylation sites (tertiary alicyclic amines) is 2. The number of rotatable bonds is 21. The van der Waals surface area contributed by atoms with Crippen LogP contribution in [0.15, 0.2) is 154 Å². The van der Waals surface area contributed by atoms with Gasteiger partial charge in [-0.15, -0.1) is 11.3 Å². The number of benzene rings is 5. The van der Waals surface area contributed by atoms with Gasteiger partial charge in [0.1, 0.15) is 58.0 Å². The van der Waals surface area contributed by atoms with Crippen molar-refractivity contribution in [2.45, 2.75) is 191 Å². The number of hydrogen-bond acceptors (Lipinski definition) is 23. The van der Waals surface area contributed by atoms with Crippen molar-refractivity contribution in [1.29, 1.82) is 0 Å². The number of thiazole rings is 1. The molecule has 0 spiro atoms. The van der Waals surface area contributed by atoms with E-state index in [4.69, 9.17) is 64.2 Å². The van der Waals surface area contributed by atoms with Crippen LogP contribution in [0.5, 0.6) is 11.5 Å². The standard InChI is InChI=1S/C35H39Cl2N7O3.C34H38ClFN6O.C29H35N7O2S/c36-29-18-23(22-7-11-38-12-8-22)19-30(37)32(29)28-17-24-20-40-35(41-25-3-5-26(6-4-25)47-27-9-13-39-14-10-27)42-33(24)44(34(28)46)21-31(45)43-15-1-2-16-43;1-21-20-41(15-14-37-21)31-13-11-25(18-30(31)36)39-34-38-19-24-16-28(33(43)42(32(24)40-34)26-8-4-5-9-26)27-12-10-23(17-29(27)35)22-6-2-3-7-22;1-18(2)36-26-19(15-23(28(36)37)25-17-39-27(33-25)24-5-4-12-30-24)16-31-29(34-26)32-20-6-8-21(9-7-20)38-22-10-13-35(3)14-11-22/h3-6,17-20,22,27,38-39H,1-2,7-16,21H2,(H,40,41,42);10-13,16-19,21-22,26,37H,2-9,14-15,20H2,1H3,(H,38,39,40);6-9,15-18,22,24,30H,4-5,10-14H2,1-3H3,(H,31,32,34). The Kier molecular flexibility index (Phi) is 27.9. The van der Waals surface area contributed by atoms with Crippen molar-refractivity contribution < 1.29 is 18.7 Å². The summed E-state index contributed by atoms with van der Waals surface area (Å²) < 4.78 is 32.5. The lowest BCUT2D eigenvalue weighted by molar-refractivity contribution is -0.130. The molecule has 129 heavy (non-hydrogen) atoms. The van der Waals surface area contributed by atoms with Crippen LogP contribution >= 0.6 is 46.1 Å². The number of nitrogens with zero attached hydrogens (tertiary/aromatic N) is 13. The van der Waals surface area contributed by atoms with Crippen molar-refractivity contribution in [2.75, 3.05) is 106 Å². The van der Waals surface area contributed by atoms with Gasteiger partial charge in [-0.1, -0.05) is 72.6 Å². The third-order valence-electron chi connectivity index (χ3n) is 26.4. The van der Waals surface area contributed by atoms with Crippen LogP contribution in [0.4, 0.5) is 45.0 Å². The summed E-state index contributed by atoms with van der Waals surface area (Å²) >= 11 is 22.2. The van der Waals surface area contributed by atoms with Gasteiger partial charge in [0.15, 0.2) is 0 Å². The molecule has 20 rings (SSSR count). The molecule has 2 unspecified atom stereocenters. The summed E-state index contributed by atoms with van der Waals surface area (Å²) in [6, 6.07) is 36.8. The van der Waals surface area contributed by atoms with E-state index >= 15 is 4.39 Å². The van der Waals surface area contributed by atoms with Crippen molar-refractivity contribution in [1.82, 2.24) is 79.7 Å². The van der Waals surface area contributed by atoms with Crippen LogP contribution in [0.2, 0.25) is 15.1 Å². The van der Waals surface area contributed by atoms with Crippen LogP contribution in [-0.2, 0) is 11.3 Å². The quantitative estimate of drug-likeness (QED) is 0.0352. The van der Waals surface area contributed by atoms with Gasteiger partial charge in [0, 0.05) is 143 Å². The maximum atomic E-state index is 15.2. The first-order chi connectivity index (χ1) is 62.8. The summed E-state index contributed by atoms with van der Waals surface area (Å²) in [6.07, 6.45) is 24.7. The number of halogens is 4. The van der Waals surface area contributed by atoms with Gasteiger partial charge in [0.2, 0.25) is 23.8 Å². The Labute approximate surface area is 768 Å². The zero-order valence-corrected chi connectivity index (χ0v) is 76.6. The Morgan fingerprint density at radius 1 is 0.527 bits per heavy atom. The number of carbonyl (C=O) groups is 1. The van der Waals surface area contributed by atoms with Gasteiger partial charge in [-0.2, -0.15) is 15.0 Å². The van der Waals surface area contributed by atoms with Gasteiger partial charge >= 0.3 is 0 Å². The fourth-order valence-electron chi connectivity index (χ4n) is 19.4. The van der Waals surface area contributed by atoms with Crippen molar-refractivity contribution in [3.63, 3.8) is 0 Å². The molecule has 12 aromatic rings. The molecule has 31 heteroatoms. The van der Waals surface area contributed by atoms with Crippen molar-refractivity contribution in [3.05, 3.63) is 207 Å². The van der Waals surface area contributed by atoms with E-state index < -0.39 is 0 Å². The first-order valence-electron chi connectivity index (χ1n) is 46.1. The van der Waals surface area contributed by atoms with Crippen LogP contribution in [0, 0.1) is 5.82 Å². The molecule has 6 saturated heterocycles. The normalized spacial score (nSPS) is 18.7. The van der Waals surface area contributed by atoms with Gasteiger partial charge in [0.05, 0.1) is 38.6 Å². The monoisotopic (exact) mass is 1820 g/mol. The van der Waals surface area contributed by atoms with Crippen LogP contribution in [0.25, 0.3) is 66.6 Å². The van der Waals surface area contributed by atoms with E-state index in [2.05, 4.69) is 82.0 Å². The van der Waals surface area contributed by atoms with Gasteiger partial charge in [0.25, 0.3) is 16.7 Å².